The number of hydrogen-bond acceptors (Lipinski definition) is 7. The van der Waals surface area contributed by atoms with Gasteiger partial charge in [0, 0.05) is 12.8 Å². The minimum atomic E-state index is -3.83. The fourth-order valence-electron chi connectivity index (χ4n) is 4.90. The van der Waals surface area contributed by atoms with Crippen LogP contribution in [0.2, 0.25) is 0 Å². The maximum absolute atomic E-state index is 13.0. The first kappa shape index (κ1) is 28.3. The van der Waals surface area contributed by atoms with Crippen molar-refractivity contribution in [2.45, 2.75) is 89.0 Å². The zero-order valence-electron chi connectivity index (χ0n) is 20.7. The van der Waals surface area contributed by atoms with Gasteiger partial charge in [0.2, 0.25) is 5.91 Å². The SMILES string of the molecule is Cc1cc(O)cc(C)c1C[C@@H](N)C(=O)C(CC(N)C(=O)NCCCC1CCCCC1)S(C)(=O)=O. The molecule has 6 N–H and O–H groups in total. The Kier molecular flexibility index (Phi) is 10.5. The van der Waals surface area contributed by atoms with Crippen LogP contribution in [0.25, 0.3) is 0 Å². The third kappa shape index (κ3) is 8.36. The number of nitrogens with one attached hydrogen (secondary N) is 1. The van der Waals surface area contributed by atoms with Gasteiger partial charge in [0.25, 0.3) is 0 Å². The lowest BCUT2D eigenvalue weighted by Crippen LogP contribution is -2.49. The number of ketones is 1. The summed E-state index contributed by atoms with van der Waals surface area (Å²) in [6, 6.07) is 0.944. The maximum Gasteiger partial charge on any atom is 0.236 e. The molecule has 1 saturated carbocycles. The molecule has 0 bridgehead atoms. The number of aryl methyl sites for hydroxylation is 2. The summed E-state index contributed by atoms with van der Waals surface area (Å²) in [7, 11) is -3.83. The highest BCUT2D eigenvalue weighted by Crippen LogP contribution is 2.27. The van der Waals surface area contributed by atoms with Crippen molar-refractivity contribution in [1.29, 1.82) is 0 Å². The number of phenolic OH excluding ortho intramolecular Hbond substituents is 1. The summed E-state index contributed by atoms with van der Waals surface area (Å²) in [5.74, 6) is -0.281. The van der Waals surface area contributed by atoms with E-state index in [1.54, 1.807) is 26.0 Å². The van der Waals surface area contributed by atoms with Gasteiger partial charge in [0.05, 0.1) is 12.1 Å². The van der Waals surface area contributed by atoms with Crippen LogP contribution in [0.15, 0.2) is 12.1 Å². The highest BCUT2D eigenvalue weighted by Gasteiger charge is 2.35. The van der Waals surface area contributed by atoms with Crippen molar-refractivity contribution in [3.8, 4) is 5.75 Å². The van der Waals surface area contributed by atoms with Gasteiger partial charge in [-0.1, -0.05) is 32.1 Å². The van der Waals surface area contributed by atoms with Crippen LogP contribution in [0.4, 0.5) is 0 Å². The van der Waals surface area contributed by atoms with E-state index < -0.39 is 38.9 Å². The number of amides is 1. The zero-order valence-corrected chi connectivity index (χ0v) is 21.5. The van der Waals surface area contributed by atoms with Crippen LogP contribution in [0.1, 0.15) is 68.1 Å². The number of sulfone groups is 1. The number of aromatic hydroxyl groups is 1. The van der Waals surface area contributed by atoms with Crippen molar-refractivity contribution in [2.75, 3.05) is 12.8 Å². The minimum absolute atomic E-state index is 0.114. The molecular weight excluding hydrogens is 454 g/mol. The molecule has 1 fully saturated rings. The second kappa shape index (κ2) is 12.7. The van der Waals surface area contributed by atoms with Crippen LogP contribution < -0.4 is 16.8 Å². The number of phenols is 1. The van der Waals surface area contributed by atoms with Gasteiger partial charge in [-0.05, 0) is 74.3 Å². The predicted octanol–water partition coefficient (Wildman–Crippen LogP) is 2.06. The van der Waals surface area contributed by atoms with E-state index in [9.17, 15) is 23.1 Å². The molecule has 1 aromatic rings. The van der Waals surface area contributed by atoms with Gasteiger partial charge in [-0.3, -0.25) is 9.59 Å². The third-order valence-corrected chi connectivity index (χ3v) is 8.38. The van der Waals surface area contributed by atoms with E-state index in [0.29, 0.717) is 12.5 Å². The van der Waals surface area contributed by atoms with Crippen molar-refractivity contribution < 1.29 is 23.1 Å². The van der Waals surface area contributed by atoms with Gasteiger partial charge in [0.1, 0.15) is 11.0 Å². The van der Waals surface area contributed by atoms with Crippen molar-refractivity contribution in [3.05, 3.63) is 28.8 Å². The third-order valence-electron chi connectivity index (χ3n) is 6.92. The van der Waals surface area contributed by atoms with Crippen molar-refractivity contribution >= 4 is 21.5 Å². The molecular formula is C25H41N3O5S. The Morgan fingerprint density at radius 3 is 2.24 bits per heavy atom. The summed E-state index contributed by atoms with van der Waals surface area (Å²) in [6.45, 7) is 4.07. The quantitative estimate of drug-likeness (QED) is 0.324. The Labute approximate surface area is 203 Å². The summed E-state index contributed by atoms with van der Waals surface area (Å²) in [4.78, 5) is 25.5. The summed E-state index contributed by atoms with van der Waals surface area (Å²) < 4.78 is 24.8. The van der Waals surface area contributed by atoms with Gasteiger partial charge < -0.3 is 21.9 Å². The van der Waals surface area contributed by atoms with E-state index in [0.717, 1.165) is 35.8 Å². The van der Waals surface area contributed by atoms with E-state index in [-0.39, 0.29) is 18.6 Å². The van der Waals surface area contributed by atoms with Crippen LogP contribution in [0, 0.1) is 19.8 Å². The lowest BCUT2D eigenvalue weighted by molar-refractivity contribution is -0.123. The van der Waals surface area contributed by atoms with Crippen LogP contribution in [0.5, 0.6) is 5.75 Å². The first-order valence-corrected chi connectivity index (χ1v) is 14.2. The molecule has 1 aliphatic rings. The van der Waals surface area contributed by atoms with E-state index in [4.69, 9.17) is 11.5 Å². The number of Topliss-reactive ketones (excluding diaryl/α,β-unsaturated/α-hetero) is 1. The average Bonchev–Trinajstić information content (AvgIpc) is 2.76. The van der Waals surface area contributed by atoms with Gasteiger partial charge in [-0.15, -0.1) is 0 Å². The molecule has 0 saturated heterocycles. The molecule has 3 atom stereocenters. The number of benzene rings is 1. The van der Waals surface area contributed by atoms with Crippen molar-refractivity contribution in [1.82, 2.24) is 5.32 Å². The van der Waals surface area contributed by atoms with Crippen molar-refractivity contribution in [3.63, 3.8) is 0 Å². The lowest BCUT2D eigenvalue weighted by atomic mass is 9.86. The van der Waals surface area contributed by atoms with E-state index in [1.807, 2.05) is 0 Å². The Hall–Kier alpha value is -1.97. The second-order valence-electron chi connectivity index (χ2n) is 9.87. The number of carbonyl (C=O) groups excluding carboxylic acids is 2. The summed E-state index contributed by atoms with van der Waals surface area (Å²) >= 11 is 0. The second-order valence-corrected chi connectivity index (χ2v) is 12.1. The molecule has 1 aromatic carbocycles. The Balaban J connectivity index is 1.94. The van der Waals surface area contributed by atoms with E-state index in [2.05, 4.69) is 5.32 Å². The monoisotopic (exact) mass is 495 g/mol. The maximum atomic E-state index is 13.0. The normalized spacial score (nSPS) is 17.7. The van der Waals surface area contributed by atoms with Crippen LogP contribution >= 0.6 is 0 Å². The van der Waals surface area contributed by atoms with E-state index in [1.165, 1.54) is 32.1 Å². The molecule has 8 nitrogen and oxygen atoms in total. The molecule has 1 amide bonds. The first-order chi connectivity index (χ1) is 15.9. The van der Waals surface area contributed by atoms with Gasteiger partial charge in [-0.2, -0.15) is 0 Å². The van der Waals surface area contributed by atoms with Gasteiger partial charge in [-0.25, -0.2) is 8.42 Å². The van der Waals surface area contributed by atoms with Crippen LogP contribution in [-0.4, -0.2) is 55.3 Å². The van der Waals surface area contributed by atoms with Gasteiger partial charge in [0.15, 0.2) is 15.6 Å². The topological polar surface area (TPSA) is 153 Å². The lowest BCUT2D eigenvalue weighted by Gasteiger charge is -2.23. The number of hydrogen-bond donors (Lipinski definition) is 4. The molecule has 34 heavy (non-hydrogen) atoms. The number of nitrogens with two attached hydrogens (primary N) is 2. The van der Waals surface area contributed by atoms with E-state index >= 15 is 0 Å². The standard InChI is InChI=1S/C25H41N3O5S/c1-16-12-19(29)13-17(2)20(16)14-21(26)24(30)23(34(3,32)33)15-22(27)25(31)28-11-7-10-18-8-5-4-6-9-18/h12-13,18,21-23,29H,4-11,14-15,26-27H2,1-3H3,(H,28,31)/t21-,22?,23?/m1/s1. The van der Waals surface area contributed by atoms with Crippen molar-refractivity contribution in [2.24, 2.45) is 17.4 Å². The molecule has 0 radical (unpaired) electrons. The number of carbonyl (C=O) groups is 2. The van der Waals surface area contributed by atoms with Gasteiger partial charge >= 0.3 is 0 Å². The smallest absolute Gasteiger partial charge is 0.236 e. The van der Waals surface area contributed by atoms with Crippen LogP contribution in [-0.2, 0) is 25.8 Å². The van der Waals surface area contributed by atoms with Crippen LogP contribution in [0.3, 0.4) is 0 Å². The molecule has 0 spiro atoms. The first-order valence-electron chi connectivity index (χ1n) is 12.2. The molecule has 0 heterocycles. The fourth-order valence-corrected chi connectivity index (χ4v) is 6.05. The molecule has 2 rings (SSSR count). The summed E-state index contributed by atoms with van der Waals surface area (Å²) in [5.41, 5.74) is 14.4. The Morgan fingerprint density at radius 2 is 1.68 bits per heavy atom. The average molecular weight is 496 g/mol. The molecule has 0 aliphatic heterocycles. The Bertz CT molecular complexity index is 934. The predicted molar refractivity (Wildman–Crippen MR) is 134 cm³/mol. The molecule has 9 heteroatoms. The Morgan fingerprint density at radius 1 is 1.09 bits per heavy atom. The summed E-state index contributed by atoms with van der Waals surface area (Å²) in [6.07, 6.45) is 9.05. The summed E-state index contributed by atoms with van der Waals surface area (Å²) in [5, 5.41) is 11.0. The highest BCUT2D eigenvalue weighted by molar-refractivity contribution is 7.92. The number of rotatable bonds is 12. The molecule has 1 aliphatic carbocycles. The largest absolute Gasteiger partial charge is 0.508 e. The highest BCUT2D eigenvalue weighted by atomic mass is 32.2. The minimum Gasteiger partial charge on any atom is -0.508 e. The zero-order chi connectivity index (χ0) is 25.5. The molecule has 2 unspecified atom stereocenters. The molecule has 192 valence electrons. The fraction of sp³-hybridized carbons (Fsp3) is 0.680. The molecule has 0 aromatic heterocycles.